The first-order valence-corrected chi connectivity index (χ1v) is 9.99. The van der Waals surface area contributed by atoms with E-state index in [1.165, 1.54) is 12.1 Å². The minimum atomic E-state index is -3.73. The molecule has 3 aromatic rings. The monoisotopic (exact) mass is 423 g/mol. The van der Waals surface area contributed by atoms with E-state index >= 15 is 0 Å². The van der Waals surface area contributed by atoms with Crippen molar-refractivity contribution < 1.29 is 8.42 Å². The Hall–Kier alpha value is -2.39. The summed E-state index contributed by atoms with van der Waals surface area (Å²) in [7, 11) is -3.73. The molecule has 0 unspecified atom stereocenters. The number of anilines is 1. The number of rotatable bonds is 5. The van der Waals surface area contributed by atoms with Gasteiger partial charge in [0.2, 0.25) is 10.0 Å². The normalized spacial score (nSPS) is 11.9. The van der Waals surface area contributed by atoms with Crippen LogP contribution >= 0.6 is 23.2 Å². The van der Waals surface area contributed by atoms with E-state index in [-0.39, 0.29) is 4.90 Å². The van der Waals surface area contributed by atoms with E-state index in [2.05, 4.69) is 15.6 Å². The SMILES string of the molecule is Cc1nn(-c2cccc(Cl)c2)c(Cl)c1/C=N/Nc1ccc(S(N)(=O)=O)cc1. The Labute approximate surface area is 166 Å². The van der Waals surface area contributed by atoms with Crippen molar-refractivity contribution in [3.8, 4) is 5.69 Å². The number of aromatic nitrogens is 2. The maximum absolute atomic E-state index is 11.3. The van der Waals surface area contributed by atoms with Gasteiger partial charge in [0.1, 0.15) is 5.15 Å². The number of nitrogens with two attached hydrogens (primary N) is 1. The Morgan fingerprint density at radius 2 is 1.89 bits per heavy atom. The van der Waals surface area contributed by atoms with E-state index in [4.69, 9.17) is 28.3 Å². The third kappa shape index (κ3) is 4.48. The maximum Gasteiger partial charge on any atom is 0.238 e. The molecule has 0 atom stereocenters. The van der Waals surface area contributed by atoms with Crippen molar-refractivity contribution >= 4 is 45.1 Å². The third-order valence-corrected chi connectivity index (χ3v) is 5.20. The summed E-state index contributed by atoms with van der Waals surface area (Å²) in [6, 6.07) is 13.1. The first kappa shape index (κ1) is 19.4. The highest BCUT2D eigenvalue weighted by Crippen LogP contribution is 2.24. The smallest absolute Gasteiger partial charge is 0.238 e. The molecule has 1 aromatic heterocycles. The highest BCUT2D eigenvalue weighted by atomic mass is 35.5. The summed E-state index contributed by atoms with van der Waals surface area (Å²) >= 11 is 12.4. The number of sulfonamides is 1. The summed E-state index contributed by atoms with van der Waals surface area (Å²) < 4.78 is 24.1. The number of nitrogens with one attached hydrogen (secondary N) is 1. The second-order valence-electron chi connectivity index (χ2n) is 5.62. The summed E-state index contributed by atoms with van der Waals surface area (Å²) in [4.78, 5) is 0.0266. The first-order chi connectivity index (χ1) is 12.8. The molecular formula is C17H15Cl2N5O2S. The van der Waals surface area contributed by atoms with Crippen LogP contribution < -0.4 is 10.6 Å². The Morgan fingerprint density at radius 1 is 1.19 bits per heavy atom. The molecule has 140 valence electrons. The zero-order chi connectivity index (χ0) is 19.6. The summed E-state index contributed by atoms with van der Waals surface area (Å²) in [5.74, 6) is 0. The van der Waals surface area contributed by atoms with E-state index in [0.717, 1.165) is 5.69 Å². The molecule has 0 aliphatic carbocycles. The van der Waals surface area contributed by atoms with Crippen molar-refractivity contribution in [2.45, 2.75) is 11.8 Å². The summed E-state index contributed by atoms with van der Waals surface area (Å²) in [5, 5.41) is 14.6. The number of benzene rings is 2. The van der Waals surface area contributed by atoms with Gasteiger partial charge in [-0.3, -0.25) is 5.43 Å². The van der Waals surface area contributed by atoms with Gasteiger partial charge >= 0.3 is 0 Å². The fraction of sp³-hybridized carbons (Fsp3) is 0.0588. The van der Waals surface area contributed by atoms with Crippen molar-refractivity contribution in [2.75, 3.05) is 5.43 Å². The molecule has 27 heavy (non-hydrogen) atoms. The molecule has 0 saturated heterocycles. The number of aryl methyl sites for hydroxylation is 1. The highest BCUT2D eigenvalue weighted by Gasteiger charge is 2.13. The molecule has 0 saturated carbocycles. The van der Waals surface area contributed by atoms with Gasteiger partial charge in [0, 0.05) is 5.02 Å². The van der Waals surface area contributed by atoms with Crippen LogP contribution in [-0.2, 0) is 10.0 Å². The van der Waals surface area contributed by atoms with Crippen LogP contribution in [0.1, 0.15) is 11.3 Å². The molecule has 1 heterocycles. The largest absolute Gasteiger partial charge is 0.279 e. The van der Waals surface area contributed by atoms with Gasteiger partial charge in [-0.05, 0) is 49.4 Å². The standard InChI is InChI=1S/C17H15Cl2N5O2S/c1-11-16(17(19)24(23-11)14-4-2-3-12(18)9-14)10-21-22-13-5-7-15(8-6-13)27(20,25)26/h2-10,22H,1H3,(H2,20,25,26)/b21-10+. The summed E-state index contributed by atoms with van der Waals surface area (Å²) in [6.45, 7) is 1.81. The molecular weight excluding hydrogens is 409 g/mol. The molecule has 10 heteroatoms. The minimum Gasteiger partial charge on any atom is -0.279 e. The van der Waals surface area contributed by atoms with E-state index in [1.807, 2.05) is 19.1 Å². The molecule has 0 aliphatic heterocycles. The van der Waals surface area contributed by atoms with Crippen molar-refractivity contribution in [2.24, 2.45) is 10.2 Å². The van der Waals surface area contributed by atoms with Gasteiger partial charge in [0.15, 0.2) is 0 Å². The second kappa shape index (κ2) is 7.69. The number of hydrogen-bond donors (Lipinski definition) is 2. The molecule has 0 bridgehead atoms. The van der Waals surface area contributed by atoms with E-state index in [9.17, 15) is 8.42 Å². The molecule has 0 spiro atoms. The summed E-state index contributed by atoms with van der Waals surface area (Å²) in [6.07, 6.45) is 1.54. The average Bonchev–Trinajstić information content (AvgIpc) is 2.89. The molecule has 0 fully saturated rings. The predicted octanol–water partition coefficient (Wildman–Crippen LogP) is 3.58. The van der Waals surface area contributed by atoms with Crippen LogP contribution in [0, 0.1) is 6.92 Å². The quantitative estimate of drug-likeness (QED) is 0.483. The van der Waals surface area contributed by atoms with Gasteiger partial charge in [-0.1, -0.05) is 29.3 Å². The third-order valence-electron chi connectivity index (χ3n) is 3.67. The Bertz CT molecular complexity index is 1110. The lowest BCUT2D eigenvalue weighted by Crippen LogP contribution is -2.11. The van der Waals surface area contributed by atoms with Crippen LogP contribution in [0.4, 0.5) is 5.69 Å². The lowest BCUT2D eigenvalue weighted by molar-refractivity contribution is 0.598. The van der Waals surface area contributed by atoms with Gasteiger partial charge in [-0.25, -0.2) is 18.2 Å². The second-order valence-corrected chi connectivity index (χ2v) is 7.98. The topological polar surface area (TPSA) is 102 Å². The zero-order valence-electron chi connectivity index (χ0n) is 14.1. The van der Waals surface area contributed by atoms with E-state index in [1.54, 1.807) is 35.2 Å². The van der Waals surface area contributed by atoms with Crippen LogP contribution in [0.3, 0.4) is 0 Å². The number of hydrogen-bond acceptors (Lipinski definition) is 5. The highest BCUT2D eigenvalue weighted by molar-refractivity contribution is 7.89. The molecule has 3 N–H and O–H groups in total. The lowest BCUT2D eigenvalue weighted by Gasteiger charge is -2.03. The van der Waals surface area contributed by atoms with Crippen LogP contribution in [0.15, 0.2) is 58.5 Å². The van der Waals surface area contributed by atoms with Crippen molar-refractivity contribution in [1.29, 1.82) is 0 Å². The van der Waals surface area contributed by atoms with Gasteiger partial charge in [-0.15, -0.1) is 0 Å². The fourth-order valence-corrected chi connectivity index (χ4v) is 3.35. The predicted molar refractivity (Wildman–Crippen MR) is 107 cm³/mol. The minimum absolute atomic E-state index is 0.0266. The molecule has 0 aliphatic rings. The molecule has 2 aromatic carbocycles. The van der Waals surface area contributed by atoms with Gasteiger partial charge in [0.25, 0.3) is 0 Å². The maximum atomic E-state index is 11.3. The number of primary sulfonamides is 1. The van der Waals surface area contributed by atoms with Crippen molar-refractivity contribution in [3.05, 3.63) is 70.0 Å². The van der Waals surface area contributed by atoms with E-state index in [0.29, 0.717) is 27.1 Å². The Balaban J connectivity index is 1.80. The molecule has 7 nitrogen and oxygen atoms in total. The zero-order valence-corrected chi connectivity index (χ0v) is 16.4. The molecule has 0 radical (unpaired) electrons. The van der Waals surface area contributed by atoms with Crippen molar-refractivity contribution in [3.63, 3.8) is 0 Å². The van der Waals surface area contributed by atoms with Crippen LogP contribution in [-0.4, -0.2) is 24.4 Å². The summed E-state index contributed by atoms with van der Waals surface area (Å²) in [5.41, 5.74) is 5.47. The van der Waals surface area contributed by atoms with Crippen molar-refractivity contribution in [1.82, 2.24) is 9.78 Å². The van der Waals surface area contributed by atoms with Crippen LogP contribution in [0.25, 0.3) is 5.69 Å². The first-order valence-electron chi connectivity index (χ1n) is 7.69. The Morgan fingerprint density at radius 3 is 2.52 bits per heavy atom. The average molecular weight is 424 g/mol. The number of hydrazone groups is 1. The van der Waals surface area contributed by atoms with Crippen LogP contribution in [0.2, 0.25) is 10.2 Å². The van der Waals surface area contributed by atoms with Gasteiger partial charge < -0.3 is 0 Å². The van der Waals surface area contributed by atoms with Gasteiger partial charge in [-0.2, -0.15) is 10.2 Å². The fourth-order valence-electron chi connectivity index (χ4n) is 2.33. The Kier molecular flexibility index (Phi) is 5.52. The van der Waals surface area contributed by atoms with Crippen LogP contribution in [0.5, 0.6) is 0 Å². The molecule has 0 amide bonds. The van der Waals surface area contributed by atoms with E-state index < -0.39 is 10.0 Å². The van der Waals surface area contributed by atoms with Gasteiger partial charge in [0.05, 0.1) is 33.7 Å². The molecule has 3 rings (SSSR count). The number of nitrogens with zero attached hydrogens (tertiary/aromatic N) is 3. The lowest BCUT2D eigenvalue weighted by atomic mass is 10.3. The number of halogens is 2.